The van der Waals surface area contributed by atoms with Gasteiger partial charge in [-0.25, -0.2) is 4.79 Å². The zero-order chi connectivity index (χ0) is 13.5. The molecule has 0 aromatic heterocycles. The third-order valence-corrected chi connectivity index (χ3v) is 2.70. The Bertz CT molecular complexity index is 406. The second-order valence-electron chi connectivity index (χ2n) is 3.65. The molecular formula is C13H17ClO4. The van der Waals surface area contributed by atoms with Gasteiger partial charge in [0.2, 0.25) is 0 Å². The van der Waals surface area contributed by atoms with E-state index in [-0.39, 0.29) is 6.61 Å². The molecule has 0 aliphatic carbocycles. The number of esters is 1. The molecule has 0 heterocycles. The molecule has 1 aromatic carbocycles. The monoisotopic (exact) mass is 272 g/mol. The van der Waals surface area contributed by atoms with E-state index in [1.165, 1.54) is 0 Å². The fourth-order valence-corrected chi connectivity index (χ4v) is 1.72. The summed E-state index contributed by atoms with van der Waals surface area (Å²) < 4.78 is 10.5. The fraction of sp³-hybridized carbons (Fsp3) is 0.462. The number of para-hydroxylation sites is 1. The predicted octanol–water partition coefficient (Wildman–Crippen LogP) is 2.55. The lowest BCUT2D eigenvalue weighted by molar-refractivity contribution is -0.151. The molecule has 0 spiro atoms. The zero-order valence-corrected chi connectivity index (χ0v) is 11.2. The molecule has 18 heavy (non-hydrogen) atoms. The number of ether oxygens (including phenoxy) is 2. The van der Waals surface area contributed by atoms with Crippen molar-refractivity contribution in [1.29, 1.82) is 0 Å². The number of rotatable bonds is 6. The van der Waals surface area contributed by atoms with Crippen LogP contribution < -0.4 is 4.74 Å². The number of benzene rings is 1. The van der Waals surface area contributed by atoms with Crippen molar-refractivity contribution in [1.82, 2.24) is 0 Å². The molecule has 4 nitrogen and oxygen atoms in total. The maximum atomic E-state index is 11.6. The topological polar surface area (TPSA) is 55.8 Å². The van der Waals surface area contributed by atoms with Gasteiger partial charge >= 0.3 is 5.97 Å². The summed E-state index contributed by atoms with van der Waals surface area (Å²) in [6.45, 7) is 3.65. The van der Waals surface area contributed by atoms with Crippen LogP contribution in [-0.2, 0) is 16.1 Å². The van der Waals surface area contributed by atoms with E-state index in [1.54, 1.807) is 25.1 Å². The highest BCUT2D eigenvalue weighted by atomic mass is 35.5. The van der Waals surface area contributed by atoms with Gasteiger partial charge in [-0.3, -0.25) is 0 Å². The Morgan fingerprint density at radius 2 is 2.17 bits per heavy atom. The third-order valence-electron chi connectivity index (χ3n) is 2.40. The number of halogens is 1. The molecule has 0 bridgehead atoms. The molecule has 1 aromatic rings. The highest BCUT2D eigenvalue weighted by molar-refractivity contribution is 6.32. The Kier molecular flexibility index (Phi) is 5.95. The van der Waals surface area contributed by atoms with Crippen LogP contribution in [0.2, 0.25) is 5.02 Å². The van der Waals surface area contributed by atoms with Gasteiger partial charge in [0.05, 0.1) is 18.2 Å². The maximum Gasteiger partial charge on any atom is 0.347 e. The summed E-state index contributed by atoms with van der Waals surface area (Å²) in [4.78, 5) is 11.6. The van der Waals surface area contributed by atoms with Crippen molar-refractivity contribution in [3.8, 4) is 5.75 Å². The van der Waals surface area contributed by atoms with Gasteiger partial charge in [0.25, 0.3) is 0 Å². The Hall–Kier alpha value is -1.26. The van der Waals surface area contributed by atoms with Crippen LogP contribution in [-0.4, -0.2) is 23.8 Å². The van der Waals surface area contributed by atoms with Crippen molar-refractivity contribution in [3.63, 3.8) is 0 Å². The fourth-order valence-electron chi connectivity index (χ4n) is 1.49. The van der Waals surface area contributed by atoms with Gasteiger partial charge in [-0.1, -0.05) is 30.7 Å². The lowest BCUT2D eigenvalue weighted by Gasteiger charge is -2.18. The van der Waals surface area contributed by atoms with E-state index in [0.29, 0.717) is 29.4 Å². The molecular weight excluding hydrogens is 256 g/mol. The summed E-state index contributed by atoms with van der Waals surface area (Å²) in [6.07, 6.45) is -0.246. The van der Waals surface area contributed by atoms with Gasteiger partial charge in [0.15, 0.2) is 6.10 Å². The van der Waals surface area contributed by atoms with Gasteiger partial charge in [-0.15, -0.1) is 0 Å². The molecule has 1 atom stereocenters. The number of aliphatic hydroxyl groups excluding tert-OH is 1. The summed E-state index contributed by atoms with van der Waals surface area (Å²) in [5.41, 5.74) is 0.547. The minimum absolute atomic E-state index is 0.199. The van der Waals surface area contributed by atoms with Crippen molar-refractivity contribution in [2.24, 2.45) is 0 Å². The Balaban J connectivity index is 2.91. The van der Waals surface area contributed by atoms with E-state index >= 15 is 0 Å². The summed E-state index contributed by atoms with van der Waals surface area (Å²) in [5.74, 6) is -0.0922. The average molecular weight is 273 g/mol. The Labute approximate surface area is 111 Å². The number of carbonyl (C=O) groups excluding carboxylic acids is 1. The molecule has 0 radical (unpaired) electrons. The minimum atomic E-state index is -0.713. The smallest absolute Gasteiger partial charge is 0.347 e. The predicted molar refractivity (Wildman–Crippen MR) is 68.7 cm³/mol. The molecule has 0 aliphatic rings. The first-order valence-electron chi connectivity index (χ1n) is 5.85. The third kappa shape index (κ3) is 3.62. The van der Waals surface area contributed by atoms with Gasteiger partial charge in [0, 0.05) is 5.56 Å². The van der Waals surface area contributed by atoms with Crippen molar-refractivity contribution in [2.75, 3.05) is 6.61 Å². The van der Waals surface area contributed by atoms with E-state index in [4.69, 9.17) is 21.1 Å². The molecule has 1 N–H and O–H groups in total. The van der Waals surface area contributed by atoms with Crippen LogP contribution >= 0.6 is 11.6 Å². The molecule has 0 saturated heterocycles. The van der Waals surface area contributed by atoms with Crippen LogP contribution in [0.1, 0.15) is 25.8 Å². The average Bonchev–Trinajstić information content (AvgIpc) is 2.37. The molecule has 100 valence electrons. The Morgan fingerprint density at radius 1 is 1.44 bits per heavy atom. The normalized spacial score (nSPS) is 12.0. The van der Waals surface area contributed by atoms with Gasteiger partial charge in [-0.05, 0) is 19.4 Å². The van der Waals surface area contributed by atoms with Gasteiger partial charge in [-0.2, -0.15) is 0 Å². The van der Waals surface area contributed by atoms with E-state index in [9.17, 15) is 9.90 Å². The number of hydrogen-bond acceptors (Lipinski definition) is 4. The zero-order valence-electron chi connectivity index (χ0n) is 10.5. The first-order valence-corrected chi connectivity index (χ1v) is 6.23. The summed E-state index contributed by atoms with van der Waals surface area (Å²) >= 11 is 6.00. The highest BCUT2D eigenvalue weighted by Crippen LogP contribution is 2.30. The van der Waals surface area contributed by atoms with Crippen LogP contribution in [0.3, 0.4) is 0 Å². The quantitative estimate of drug-likeness (QED) is 0.809. The van der Waals surface area contributed by atoms with E-state index in [0.717, 1.165) is 0 Å². The molecule has 5 heteroatoms. The van der Waals surface area contributed by atoms with Crippen molar-refractivity contribution < 1.29 is 19.4 Å². The van der Waals surface area contributed by atoms with E-state index < -0.39 is 12.1 Å². The second-order valence-corrected chi connectivity index (χ2v) is 4.06. The first kappa shape index (κ1) is 14.8. The number of aliphatic hydroxyl groups is 1. The molecule has 0 fully saturated rings. The van der Waals surface area contributed by atoms with Crippen LogP contribution in [0.25, 0.3) is 0 Å². The highest BCUT2D eigenvalue weighted by Gasteiger charge is 2.22. The Morgan fingerprint density at radius 3 is 2.72 bits per heavy atom. The van der Waals surface area contributed by atoms with Gasteiger partial charge in [0.1, 0.15) is 5.75 Å². The van der Waals surface area contributed by atoms with Gasteiger partial charge < -0.3 is 14.6 Å². The maximum absolute atomic E-state index is 11.6. The van der Waals surface area contributed by atoms with Crippen LogP contribution in [0, 0.1) is 0 Å². The van der Waals surface area contributed by atoms with E-state index in [2.05, 4.69) is 0 Å². The molecule has 0 amide bonds. The van der Waals surface area contributed by atoms with Crippen LogP contribution in [0.15, 0.2) is 18.2 Å². The van der Waals surface area contributed by atoms with Crippen molar-refractivity contribution in [2.45, 2.75) is 33.0 Å². The lowest BCUT2D eigenvalue weighted by Crippen LogP contribution is -2.29. The molecule has 1 unspecified atom stereocenters. The lowest BCUT2D eigenvalue weighted by atomic mass is 10.2. The molecule has 1 rings (SSSR count). The van der Waals surface area contributed by atoms with Crippen molar-refractivity contribution >= 4 is 17.6 Å². The summed E-state index contributed by atoms with van der Waals surface area (Å²) in [6, 6.07) is 5.05. The minimum Gasteiger partial charge on any atom is -0.477 e. The van der Waals surface area contributed by atoms with E-state index in [1.807, 2.05) is 6.92 Å². The number of hydrogen-bond donors (Lipinski definition) is 1. The summed E-state index contributed by atoms with van der Waals surface area (Å²) in [5, 5.41) is 9.58. The second kappa shape index (κ2) is 7.24. The van der Waals surface area contributed by atoms with Crippen molar-refractivity contribution in [3.05, 3.63) is 28.8 Å². The largest absolute Gasteiger partial charge is 0.477 e. The SMILES string of the molecule is CCOC(=O)C(CC)Oc1c(Cl)cccc1CO. The molecule has 0 aliphatic heterocycles. The first-order chi connectivity index (χ1) is 8.63. The number of carbonyl (C=O) groups is 1. The standard InChI is InChI=1S/C13H17ClO4/c1-3-11(13(16)17-4-2)18-12-9(8-15)6-5-7-10(12)14/h5-7,11,15H,3-4,8H2,1-2H3. The molecule has 0 saturated carbocycles. The summed E-state index contributed by atoms with van der Waals surface area (Å²) in [7, 11) is 0. The van der Waals surface area contributed by atoms with Crippen LogP contribution in [0.5, 0.6) is 5.75 Å². The van der Waals surface area contributed by atoms with Crippen LogP contribution in [0.4, 0.5) is 0 Å².